The molecule has 3 rings (SSSR count). The zero-order valence-corrected chi connectivity index (χ0v) is 21.6. The minimum absolute atomic E-state index is 0.0854. The Morgan fingerprint density at radius 1 is 1.10 bits per heavy atom. The monoisotopic (exact) mass is 546 g/mol. The van der Waals surface area contributed by atoms with Gasteiger partial charge in [0.15, 0.2) is 11.6 Å². The van der Waals surface area contributed by atoms with Crippen LogP contribution in [0.2, 0.25) is 0 Å². The third kappa shape index (κ3) is 5.36. The van der Waals surface area contributed by atoms with E-state index in [0.29, 0.717) is 24.8 Å². The zero-order valence-electron chi connectivity index (χ0n) is 18.4. The molecular formula is C25H28Br2N2O2. The number of carbonyl (C=O) groups is 2. The van der Waals surface area contributed by atoms with Gasteiger partial charge in [-0.1, -0.05) is 35.0 Å². The molecule has 0 aliphatic heterocycles. The molecule has 0 saturated heterocycles. The Kier molecular flexibility index (Phi) is 7.89. The van der Waals surface area contributed by atoms with Crippen LogP contribution >= 0.6 is 32.1 Å². The second kappa shape index (κ2) is 10.2. The first-order valence-corrected chi connectivity index (χ1v) is 12.1. The van der Waals surface area contributed by atoms with E-state index >= 15 is 0 Å². The lowest BCUT2D eigenvalue weighted by atomic mass is 9.97. The summed E-state index contributed by atoms with van der Waals surface area (Å²) in [5, 5.41) is 1.18. The molecule has 0 spiro atoms. The van der Waals surface area contributed by atoms with Crippen molar-refractivity contribution in [3.63, 3.8) is 0 Å². The standard InChI is InChI=1S/C25H28Br2N2O2/c1-5-29(27)17(3)24(30)7-6-8-25(31)18-9-11-21(16(2)13-18)23-15-19-14-20(26)10-12-22(19)28(23)4/h9-15,17H,5-8H2,1-4H3. The van der Waals surface area contributed by atoms with Crippen LogP contribution in [0.1, 0.15) is 49.0 Å². The van der Waals surface area contributed by atoms with E-state index in [1.54, 1.807) is 0 Å². The van der Waals surface area contributed by atoms with Gasteiger partial charge in [-0.15, -0.1) is 0 Å². The number of Topliss-reactive ketones (excluding diaryl/α,β-unsaturated/α-hetero) is 2. The van der Waals surface area contributed by atoms with Gasteiger partial charge < -0.3 is 4.57 Å². The minimum atomic E-state index is -0.178. The van der Waals surface area contributed by atoms with E-state index in [4.69, 9.17) is 0 Å². The average Bonchev–Trinajstić information content (AvgIpc) is 3.07. The maximum atomic E-state index is 12.7. The summed E-state index contributed by atoms with van der Waals surface area (Å²) in [7, 11) is 2.06. The van der Waals surface area contributed by atoms with Crippen molar-refractivity contribution in [3.05, 3.63) is 58.1 Å². The summed E-state index contributed by atoms with van der Waals surface area (Å²) >= 11 is 6.93. The van der Waals surface area contributed by atoms with Gasteiger partial charge in [0.05, 0.1) is 6.04 Å². The van der Waals surface area contributed by atoms with Crippen LogP contribution in [0.25, 0.3) is 22.2 Å². The molecule has 1 aromatic heterocycles. The molecule has 1 heterocycles. The normalized spacial score (nSPS) is 12.5. The van der Waals surface area contributed by atoms with Crippen molar-refractivity contribution < 1.29 is 9.59 Å². The van der Waals surface area contributed by atoms with E-state index in [1.807, 2.05) is 49.0 Å². The molecule has 1 unspecified atom stereocenters. The lowest BCUT2D eigenvalue weighted by molar-refractivity contribution is -0.122. The van der Waals surface area contributed by atoms with Crippen LogP contribution in [-0.4, -0.2) is 32.6 Å². The van der Waals surface area contributed by atoms with Gasteiger partial charge >= 0.3 is 0 Å². The van der Waals surface area contributed by atoms with Crippen molar-refractivity contribution in [2.24, 2.45) is 7.05 Å². The first kappa shape index (κ1) is 23.9. The summed E-state index contributed by atoms with van der Waals surface area (Å²) < 4.78 is 5.08. The second-order valence-electron chi connectivity index (χ2n) is 7.96. The summed E-state index contributed by atoms with van der Waals surface area (Å²) in [5.41, 5.74) is 5.19. The van der Waals surface area contributed by atoms with E-state index in [1.165, 1.54) is 10.9 Å². The fourth-order valence-electron chi connectivity index (χ4n) is 3.91. The Morgan fingerprint density at radius 3 is 2.52 bits per heavy atom. The number of rotatable bonds is 9. The third-order valence-corrected chi connectivity index (χ3v) is 7.45. The molecule has 4 nitrogen and oxygen atoms in total. The largest absolute Gasteiger partial charge is 0.344 e. The fourth-order valence-corrected chi connectivity index (χ4v) is 4.52. The van der Waals surface area contributed by atoms with Gasteiger partial charge in [-0.2, -0.15) is 0 Å². The number of carbonyl (C=O) groups excluding carboxylic acids is 2. The van der Waals surface area contributed by atoms with Crippen molar-refractivity contribution in [3.8, 4) is 11.3 Å². The number of nitrogens with zero attached hydrogens (tertiary/aromatic N) is 2. The van der Waals surface area contributed by atoms with Crippen LogP contribution in [-0.2, 0) is 11.8 Å². The number of benzene rings is 2. The van der Waals surface area contributed by atoms with E-state index in [-0.39, 0.29) is 17.6 Å². The zero-order chi connectivity index (χ0) is 22.7. The highest BCUT2D eigenvalue weighted by molar-refractivity contribution is 9.10. The van der Waals surface area contributed by atoms with Crippen LogP contribution < -0.4 is 0 Å². The highest BCUT2D eigenvalue weighted by Gasteiger charge is 2.18. The summed E-state index contributed by atoms with van der Waals surface area (Å²) in [4.78, 5) is 24.9. The quantitative estimate of drug-likeness (QED) is 0.217. The topological polar surface area (TPSA) is 42.3 Å². The Hall–Kier alpha value is -1.76. The number of aromatic nitrogens is 1. The molecular weight excluding hydrogens is 520 g/mol. The number of halogens is 2. The highest BCUT2D eigenvalue weighted by Crippen LogP contribution is 2.31. The maximum Gasteiger partial charge on any atom is 0.162 e. The van der Waals surface area contributed by atoms with Crippen LogP contribution in [0.4, 0.5) is 0 Å². The number of ketones is 2. The van der Waals surface area contributed by atoms with Gasteiger partial charge in [0.2, 0.25) is 0 Å². The molecule has 6 heteroatoms. The molecule has 0 aliphatic carbocycles. The Labute approximate surface area is 201 Å². The predicted octanol–water partition coefficient (Wildman–Crippen LogP) is 6.86. The number of hydrogen-bond donors (Lipinski definition) is 0. The van der Waals surface area contributed by atoms with Gasteiger partial charge in [-0.3, -0.25) is 9.59 Å². The lowest BCUT2D eigenvalue weighted by Gasteiger charge is -2.19. The molecule has 31 heavy (non-hydrogen) atoms. The van der Waals surface area contributed by atoms with Gasteiger partial charge in [-0.25, -0.2) is 3.93 Å². The SMILES string of the molecule is CCN(Br)C(C)C(=O)CCCC(=O)c1ccc(-c2cc3cc(Br)ccc3n2C)c(C)c1. The molecule has 0 fully saturated rings. The molecule has 2 aromatic carbocycles. The molecule has 0 bridgehead atoms. The van der Waals surface area contributed by atoms with Crippen molar-refractivity contribution in [1.82, 2.24) is 8.49 Å². The van der Waals surface area contributed by atoms with Crippen LogP contribution in [0.15, 0.2) is 46.9 Å². The van der Waals surface area contributed by atoms with Gasteiger partial charge in [-0.05, 0) is 56.2 Å². The van der Waals surface area contributed by atoms with E-state index in [2.05, 4.69) is 61.9 Å². The van der Waals surface area contributed by atoms with Crippen molar-refractivity contribution in [2.75, 3.05) is 6.54 Å². The Bertz CT molecular complexity index is 1120. The summed E-state index contributed by atoms with van der Waals surface area (Å²) in [6.07, 6.45) is 1.37. The number of hydrogen-bond acceptors (Lipinski definition) is 3. The van der Waals surface area contributed by atoms with Crippen molar-refractivity contribution in [2.45, 2.75) is 46.1 Å². The molecule has 0 saturated carbocycles. The molecule has 164 valence electrons. The van der Waals surface area contributed by atoms with E-state index in [0.717, 1.165) is 27.8 Å². The van der Waals surface area contributed by atoms with Gasteiger partial charge in [0.25, 0.3) is 0 Å². The van der Waals surface area contributed by atoms with Gasteiger partial charge in [0.1, 0.15) is 0 Å². The molecule has 0 amide bonds. The van der Waals surface area contributed by atoms with Crippen LogP contribution in [0.3, 0.4) is 0 Å². The van der Waals surface area contributed by atoms with Crippen LogP contribution in [0, 0.1) is 6.92 Å². The van der Waals surface area contributed by atoms with Crippen molar-refractivity contribution in [1.29, 1.82) is 0 Å². The lowest BCUT2D eigenvalue weighted by Crippen LogP contribution is -2.31. The third-order valence-electron chi connectivity index (χ3n) is 5.84. The Balaban J connectivity index is 1.70. The Morgan fingerprint density at radius 2 is 1.84 bits per heavy atom. The molecule has 0 aliphatic rings. The second-order valence-corrected chi connectivity index (χ2v) is 9.78. The van der Waals surface area contributed by atoms with Crippen LogP contribution in [0.5, 0.6) is 0 Å². The first-order chi connectivity index (χ1) is 14.7. The smallest absolute Gasteiger partial charge is 0.162 e. The maximum absolute atomic E-state index is 12.7. The van der Waals surface area contributed by atoms with E-state index < -0.39 is 0 Å². The summed E-state index contributed by atoms with van der Waals surface area (Å²) in [6.45, 7) is 6.67. The first-order valence-electron chi connectivity index (χ1n) is 10.6. The number of likely N-dealkylation sites (N-methyl/N-ethyl adjacent to an activating group) is 1. The van der Waals surface area contributed by atoms with Gasteiger partial charge in [0, 0.05) is 74.8 Å². The summed E-state index contributed by atoms with van der Waals surface area (Å²) in [5.74, 6) is 0.239. The summed E-state index contributed by atoms with van der Waals surface area (Å²) in [6, 6.07) is 14.2. The molecule has 1 atom stereocenters. The minimum Gasteiger partial charge on any atom is -0.344 e. The average molecular weight is 548 g/mol. The fraction of sp³-hybridized carbons (Fsp3) is 0.360. The highest BCUT2D eigenvalue weighted by atomic mass is 79.9. The molecule has 0 N–H and O–H groups in total. The molecule has 3 aromatic rings. The predicted molar refractivity (Wildman–Crippen MR) is 135 cm³/mol. The number of fused-ring (bicyclic) bond motifs is 1. The van der Waals surface area contributed by atoms with E-state index in [9.17, 15) is 9.59 Å². The van der Waals surface area contributed by atoms with Crippen molar-refractivity contribution >= 4 is 54.5 Å². The molecule has 0 radical (unpaired) electrons. The number of aryl methyl sites for hydroxylation is 2.